The molecular weight excluding hydrogens is 422 g/mol. The minimum atomic E-state index is -3.72. The molecule has 1 heterocycles. The van der Waals surface area contributed by atoms with Crippen LogP contribution >= 0.6 is 22.9 Å². The second-order valence-corrected chi connectivity index (χ2v) is 8.53. The lowest BCUT2D eigenvalue weighted by atomic mass is 10.3. The van der Waals surface area contributed by atoms with Gasteiger partial charge in [-0.3, -0.25) is 9.52 Å². The number of amides is 1. The molecule has 2 N–H and O–H groups in total. The number of anilines is 2. The monoisotopic (exact) mass is 437 g/mol. The van der Waals surface area contributed by atoms with Crippen LogP contribution in [0.3, 0.4) is 0 Å². The Kier molecular flexibility index (Phi) is 6.50. The number of nitrogens with one attached hydrogen (secondary N) is 2. The number of thiazole rings is 1. The summed E-state index contributed by atoms with van der Waals surface area (Å²) in [5.74, 6) is 0.253. The number of nitrogens with zero attached hydrogens (tertiary/aromatic N) is 1. The number of para-hydroxylation sites is 1. The highest BCUT2D eigenvalue weighted by Gasteiger charge is 2.15. The molecule has 146 valence electrons. The Labute approximate surface area is 171 Å². The van der Waals surface area contributed by atoms with Crippen LogP contribution in [-0.4, -0.2) is 25.9 Å². The summed E-state index contributed by atoms with van der Waals surface area (Å²) >= 11 is 7.17. The summed E-state index contributed by atoms with van der Waals surface area (Å²) in [6.07, 6.45) is 1.63. The van der Waals surface area contributed by atoms with Crippen LogP contribution in [0, 0.1) is 0 Å². The standard InChI is InChI=1S/C18H16ClN3O4S2/c19-15-3-1-2-4-16(15)26-11-9-17(23)21-13-5-7-14(8-6-13)28(24,25)22-18-20-10-12-27-18/h1-8,10,12H,9,11H2,(H,20,22)(H,21,23). The molecule has 28 heavy (non-hydrogen) atoms. The smallest absolute Gasteiger partial charge is 0.263 e. The van der Waals surface area contributed by atoms with E-state index in [0.29, 0.717) is 16.5 Å². The van der Waals surface area contributed by atoms with Crippen molar-refractivity contribution in [3.05, 3.63) is 65.1 Å². The maximum absolute atomic E-state index is 12.3. The first kappa shape index (κ1) is 20.1. The normalized spacial score (nSPS) is 11.0. The number of benzene rings is 2. The zero-order valence-electron chi connectivity index (χ0n) is 14.5. The topological polar surface area (TPSA) is 97.4 Å². The fourth-order valence-corrected chi connectivity index (χ4v) is 4.18. The second kappa shape index (κ2) is 9.05. The molecule has 0 unspecified atom stereocenters. The van der Waals surface area contributed by atoms with Crippen molar-refractivity contribution in [3.63, 3.8) is 0 Å². The summed E-state index contributed by atoms with van der Waals surface area (Å²) in [5.41, 5.74) is 0.482. The molecule has 7 nitrogen and oxygen atoms in total. The second-order valence-electron chi connectivity index (χ2n) is 5.54. The quantitative estimate of drug-likeness (QED) is 0.555. The molecule has 0 fully saturated rings. The molecule has 3 aromatic rings. The average molecular weight is 438 g/mol. The van der Waals surface area contributed by atoms with E-state index >= 15 is 0 Å². The summed E-state index contributed by atoms with van der Waals surface area (Å²) in [4.78, 5) is 16.0. The molecule has 0 spiro atoms. The van der Waals surface area contributed by atoms with Crippen LogP contribution in [0.4, 0.5) is 10.8 Å². The van der Waals surface area contributed by atoms with Crippen molar-refractivity contribution in [2.24, 2.45) is 0 Å². The molecule has 3 rings (SSSR count). The van der Waals surface area contributed by atoms with Crippen molar-refractivity contribution >= 4 is 49.7 Å². The van der Waals surface area contributed by atoms with Crippen LogP contribution in [0.1, 0.15) is 6.42 Å². The molecule has 1 aromatic heterocycles. The van der Waals surface area contributed by atoms with Gasteiger partial charge in [0.25, 0.3) is 10.0 Å². The van der Waals surface area contributed by atoms with E-state index in [1.54, 1.807) is 29.6 Å². The zero-order chi connectivity index (χ0) is 20.0. The van der Waals surface area contributed by atoms with E-state index in [9.17, 15) is 13.2 Å². The molecule has 0 saturated carbocycles. The van der Waals surface area contributed by atoms with E-state index in [2.05, 4.69) is 15.0 Å². The van der Waals surface area contributed by atoms with Gasteiger partial charge >= 0.3 is 0 Å². The lowest BCUT2D eigenvalue weighted by molar-refractivity contribution is -0.116. The van der Waals surface area contributed by atoms with Gasteiger partial charge in [0, 0.05) is 17.3 Å². The largest absolute Gasteiger partial charge is 0.491 e. The van der Waals surface area contributed by atoms with Crippen molar-refractivity contribution in [2.45, 2.75) is 11.3 Å². The number of hydrogen-bond donors (Lipinski definition) is 2. The van der Waals surface area contributed by atoms with Gasteiger partial charge in [-0.2, -0.15) is 0 Å². The molecule has 1 amide bonds. The lowest BCUT2D eigenvalue weighted by Crippen LogP contribution is -2.16. The first-order valence-corrected chi connectivity index (χ1v) is 10.9. The third-order valence-electron chi connectivity index (χ3n) is 3.53. The van der Waals surface area contributed by atoms with Gasteiger partial charge in [-0.15, -0.1) is 11.3 Å². The Hall–Kier alpha value is -2.62. The van der Waals surface area contributed by atoms with Crippen LogP contribution in [0.25, 0.3) is 0 Å². The highest BCUT2D eigenvalue weighted by molar-refractivity contribution is 7.93. The molecule has 10 heteroatoms. The van der Waals surface area contributed by atoms with Gasteiger partial charge in [0.15, 0.2) is 5.13 Å². The SMILES string of the molecule is O=C(CCOc1ccccc1Cl)Nc1ccc(S(=O)(=O)Nc2nccs2)cc1. The summed E-state index contributed by atoms with van der Waals surface area (Å²) in [7, 11) is -3.72. The summed E-state index contributed by atoms with van der Waals surface area (Å²) in [6, 6.07) is 12.9. The fourth-order valence-electron chi connectivity index (χ4n) is 2.20. The Morgan fingerprint density at radius 2 is 1.89 bits per heavy atom. The Bertz CT molecular complexity index is 1040. The molecule has 0 aliphatic rings. The van der Waals surface area contributed by atoms with Gasteiger partial charge in [0.05, 0.1) is 22.9 Å². The highest BCUT2D eigenvalue weighted by Crippen LogP contribution is 2.23. The third-order valence-corrected chi connectivity index (χ3v) is 6.01. The van der Waals surface area contributed by atoms with Gasteiger partial charge in [-0.1, -0.05) is 23.7 Å². The van der Waals surface area contributed by atoms with Crippen LogP contribution in [0.15, 0.2) is 65.0 Å². The number of halogens is 1. The predicted molar refractivity (Wildman–Crippen MR) is 110 cm³/mol. The van der Waals surface area contributed by atoms with Crippen molar-refractivity contribution in [1.29, 1.82) is 0 Å². The van der Waals surface area contributed by atoms with Gasteiger partial charge in [0.2, 0.25) is 5.91 Å². The molecule has 0 aliphatic carbocycles. The van der Waals surface area contributed by atoms with Gasteiger partial charge in [-0.25, -0.2) is 13.4 Å². The first-order valence-electron chi connectivity index (χ1n) is 8.13. The molecular formula is C18H16ClN3O4S2. The lowest BCUT2D eigenvalue weighted by Gasteiger charge is -2.09. The van der Waals surface area contributed by atoms with Gasteiger partial charge in [-0.05, 0) is 36.4 Å². The van der Waals surface area contributed by atoms with Gasteiger partial charge in [0.1, 0.15) is 5.75 Å². The highest BCUT2D eigenvalue weighted by atomic mass is 35.5. The summed E-state index contributed by atoms with van der Waals surface area (Å²) in [5, 5.41) is 5.13. The molecule has 0 aliphatic heterocycles. The minimum absolute atomic E-state index is 0.0720. The van der Waals surface area contributed by atoms with Crippen LogP contribution < -0.4 is 14.8 Å². The first-order chi connectivity index (χ1) is 13.4. The average Bonchev–Trinajstić information content (AvgIpc) is 3.16. The Balaban J connectivity index is 1.52. The molecule has 0 atom stereocenters. The summed E-state index contributed by atoms with van der Waals surface area (Å²) < 4.78 is 32.4. The number of carbonyl (C=O) groups excluding carboxylic acids is 1. The van der Waals surface area contributed by atoms with Crippen LogP contribution in [0.2, 0.25) is 5.02 Å². The van der Waals surface area contributed by atoms with Crippen LogP contribution in [0.5, 0.6) is 5.75 Å². The van der Waals surface area contributed by atoms with Crippen molar-refractivity contribution in [3.8, 4) is 5.75 Å². The van der Waals surface area contributed by atoms with E-state index in [-0.39, 0.29) is 29.0 Å². The number of carbonyl (C=O) groups is 1. The summed E-state index contributed by atoms with van der Waals surface area (Å²) in [6.45, 7) is 0.166. The number of hydrogen-bond acceptors (Lipinski definition) is 6. The molecule has 0 saturated heterocycles. The number of ether oxygens (including phenoxy) is 1. The van der Waals surface area contributed by atoms with Gasteiger partial charge < -0.3 is 10.1 Å². The van der Waals surface area contributed by atoms with E-state index < -0.39 is 10.0 Å². The van der Waals surface area contributed by atoms with Crippen LogP contribution in [-0.2, 0) is 14.8 Å². The zero-order valence-corrected chi connectivity index (χ0v) is 16.9. The van der Waals surface area contributed by atoms with Crippen molar-refractivity contribution in [1.82, 2.24) is 4.98 Å². The fraction of sp³-hybridized carbons (Fsp3) is 0.111. The minimum Gasteiger partial charge on any atom is -0.491 e. The van der Waals surface area contributed by atoms with E-state index in [1.165, 1.54) is 41.8 Å². The van der Waals surface area contributed by atoms with Crippen molar-refractivity contribution < 1.29 is 17.9 Å². The third kappa shape index (κ3) is 5.44. The Morgan fingerprint density at radius 1 is 1.14 bits per heavy atom. The molecule has 2 aromatic carbocycles. The predicted octanol–water partition coefficient (Wildman–Crippen LogP) is 4.00. The Morgan fingerprint density at radius 3 is 2.57 bits per heavy atom. The maximum Gasteiger partial charge on any atom is 0.263 e. The molecule has 0 radical (unpaired) electrons. The number of sulfonamides is 1. The number of aromatic nitrogens is 1. The van der Waals surface area contributed by atoms with E-state index in [0.717, 1.165) is 0 Å². The number of rotatable bonds is 8. The molecule has 0 bridgehead atoms. The van der Waals surface area contributed by atoms with E-state index in [4.69, 9.17) is 16.3 Å². The van der Waals surface area contributed by atoms with E-state index in [1.807, 2.05) is 0 Å². The van der Waals surface area contributed by atoms with Crippen molar-refractivity contribution in [2.75, 3.05) is 16.6 Å². The maximum atomic E-state index is 12.3.